The Kier molecular flexibility index (Phi) is 5.71. The van der Waals surface area contributed by atoms with Gasteiger partial charge in [-0.05, 0) is 30.5 Å². The molecular weight excluding hydrogens is 284 g/mol. The minimum atomic E-state index is -0.0866. The predicted molar refractivity (Wildman–Crippen MR) is 87.8 cm³/mol. The molecule has 2 rings (SSSR count). The van der Waals surface area contributed by atoms with Gasteiger partial charge in [0.25, 0.3) is 0 Å². The van der Waals surface area contributed by atoms with Crippen molar-refractivity contribution in [3.05, 3.63) is 40.9 Å². The van der Waals surface area contributed by atoms with Gasteiger partial charge in [0.1, 0.15) is 0 Å². The molecule has 5 nitrogen and oxygen atoms in total. The molecule has 0 bridgehead atoms. The van der Waals surface area contributed by atoms with Gasteiger partial charge in [0, 0.05) is 31.1 Å². The van der Waals surface area contributed by atoms with Crippen molar-refractivity contribution in [3.63, 3.8) is 0 Å². The normalized spacial score (nSPS) is 10.4. The zero-order valence-electron chi connectivity index (χ0n) is 12.1. The maximum atomic E-state index is 11.0. The van der Waals surface area contributed by atoms with Crippen LogP contribution in [0.5, 0.6) is 0 Å². The molecule has 1 amide bonds. The molecule has 6 heteroatoms. The zero-order valence-corrected chi connectivity index (χ0v) is 12.9. The van der Waals surface area contributed by atoms with E-state index in [1.165, 1.54) is 23.8 Å². The van der Waals surface area contributed by atoms with Crippen LogP contribution in [0.4, 0.5) is 10.8 Å². The van der Waals surface area contributed by atoms with Crippen molar-refractivity contribution in [2.24, 2.45) is 5.73 Å². The molecule has 1 aromatic carbocycles. The SMILES string of the molecule is CC(=O)Nc1nc(CCc2ccc(NCCN)cc2)cs1. The second-order valence-corrected chi connectivity index (χ2v) is 5.60. The van der Waals surface area contributed by atoms with E-state index in [4.69, 9.17) is 5.73 Å². The van der Waals surface area contributed by atoms with Crippen molar-refractivity contribution in [2.75, 3.05) is 23.7 Å². The summed E-state index contributed by atoms with van der Waals surface area (Å²) in [6.07, 6.45) is 1.80. The van der Waals surface area contributed by atoms with E-state index < -0.39 is 0 Å². The number of nitrogens with one attached hydrogen (secondary N) is 2. The highest BCUT2D eigenvalue weighted by Gasteiger charge is 2.04. The number of carbonyl (C=O) groups excluding carboxylic acids is 1. The van der Waals surface area contributed by atoms with E-state index in [1.54, 1.807) is 0 Å². The number of hydrogen-bond donors (Lipinski definition) is 3. The third kappa shape index (κ3) is 5.17. The van der Waals surface area contributed by atoms with Crippen LogP contribution in [0.3, 0.4) is 0 Å². The van der Waals surface area contributed by atoms with Crippen molar-refractivity contribution in [1.29, 1.82) is 0 Å². The van der Waals surface area contributed by atoms with Gasteiger partial charge < -0.3 is 16.4 Å². The molecule has 0 saturated carbocycles. The van der Waals surface area contributed by atoms with Crippen molar-refractivity contribution >= 4 is 28.1 Å². The number of aryl methyl sites for hydroxylation is 2. The van der Waals surface area contributed by atoms with Crippen LogP contribution in [0.1, 0.15) is 18.2 Å². The number of aromatic nitrogens is 1. The molecule has 112 valence electrons. The predicted octanol–water partition coefficient (Wildman–Crippen LogP) is 2.26. The molecule has 0 radical (unpaired) electrons. The lowest BCUT2D eigenvalue weighted by Gasteiger charge is -2.05. The minimum absolute atomic E-state index is 0.0866. The van der Waals surface area contributed by atoms with Gasteiger partial charge in [0.05, 0.1) is 5.69 Å². The van der Waals surface area contributed by atoms with Crippen LogP contribution >= 0.6 is 11.3 Å². The second-order valence-electron chi connectivity index (χ2n) is 4.74. The van der Waals surface area contributed by atoms with Gasteiger partial charge in [-0.15, -0.1) is 11.3 Å². The Morgan fingerprint density at radius 3 is 2.71 bits per heavy atom. The summed E-state index contributed by atoms with van der Waals surface area (Å²) in [6.45, 7) is 2.90. The maximum Gasteiger partial charge on any atom is 0.223 e. The molecular formula is C15H20N4OS. The lowest BCUT2D eigenvalue weighted by molar-refractivity contribution is -0.114. The number of carbonyl (C=O) groups is 1. The third-order valence-corrected chi connectivity index (χ3v) is 3.74. The fourth-order valence-corrected chi connectivity index (χ4v) is 2.70. The number of amides is 1. The smallest absolute Gasteiger partial charge is 0.223 e. The minimum Gasteiger partial charge on any atom is -0.384 e. The second kappa shape index (κ2) is 7.75. The summed E-state index contributed by atoms with van der Waals surface area (Å²) in [7, 11) is 0. The Balaban J connectivity index is 1.84. The highest BCUT2D eigenvalue weighted by atomic mass is 32.1. The molecule has 1 aromatic heterocycles. The van der Waals surface area contributed by atoms with E-state index in [1.807, 2.05) is 5.38 Å². The van der Waals surface area contributed by atoms with Crippen LogP contribution in [0.25, 0.3) is 0 Å². The lowest BCUT2D eigenvalue weighted by atomic mass is 10.1. The summed E-state index contributed by atoms with van der Waals surface area (Å²) in [6, 6.07) is 8.35. The molecule has 4 N–H and O–H groups in total. The van der Waals surface area contributed by atoms with Crippen molar-refractivity contribution < 1.29 is 4.79 Å². The van der Waals surface area contributed by atoms with Crippen molar-refractivity contribution in [3.8, 4) is 0 Å². The van der Waals surface area contributed by atoms with Crippen molar-refractivity contribution in [2.45, 2.75) is 19.8 Å². The Morgan fingerprint density at radius 2 is 2.05 bits per heavy atom. The van der Waals surface area contributed by atoms with Gasteiger partial charge in [-0.2, -0.15) is 0 Å². The monoisotopic (exact) mass is 304 g/mol. The molecule has 0 unspecified atom stereocenters. The van der Waals surface area contributed by atoms with Gasteiger partial charge in [0.15, 0.2) is 5.13 Å². The molecule has 1 heterocycles. The maximum absolute atomic E-state index is 11.0. The molecule has 0 aliphatic heterocycles. The summed E-state index contributed by atoms with van der Waals surface area (Å²) in [5, 5.41) is 8.60. The summed E-state index contributed by atoms with van der Waals surface area (Å²) < 4.78 is 0. The highest BCUT2D eigenvalue weighted by Crippen LogP contribution is 2.17. The number of anilines is 2. The first kappa shape index (κ1) is 15.5. The molecule has 0 spiro atoms. The van der Waals surface area contributed by atoms with Crippen LogP contribution < -0.4 is 16.4 Å². The van der Waals surface area contributed by atoms with E-state index in [2.05, 4.69) is 39.9 Å². The van der Waals surface area contributed by atoms with Crippen LogP contribution in [-0.2, 0) is 17.6 Å². The van der Waals surface area contributed by atoms with Gasteiger partial charge in [-0.25, -0.2) is 4.98 Å². The number of hydrogen-bond acceptors (Lipinski definition) is 5. The summed E-state index contributed by atoms with van der Waals surface area (Å²) >= 11 is 1.46. The largest absolute Gasteiger partial charge is 0.384 e. The standard InChI is InChI=1S/C15H20N4OS/c1-11(20)18-15-19-14(10-21-15)7-4-12-2-5-13(6-3-12)17-9-8-16/h2-3,5-6,10,17H,4,7-9,16H2,1H3,(H,18,19,20). The van der Waals surface area contributed by atoms with Gasteiger partial charge in [-0.3, -0.25) is 4.79 Å². The summed E-state index contributed by atoms with van der Waals surface area (Å²) in [5.74, 6) is -0.0866. The van der Waals surface area contributed by atoms with E-state index in [9.17, 15) is 4.79 Å². The number of thiazole rings is 1. The first-order chi connectivity index (χ1) is 10.2. The number of nitrogens with two attached hydrogens (primary N) is 1. The molecule has 0 atom stereocenters. The van der Waals surface area contributed by atoms with Crippen molar-refractivity contribution in [1.82, 2.24) is 4.98 Å². The van der Waals surface area contributed by atoms with Crippen LogP contribution in [-0.4, -0.2) is 24.0 Å². The van der Waals surface area contributed by atoms with Gasteiger partial charge >= 0.3 is 0 Å². The van der Waals surface area contributed by atoms with Crippen LogP contribution in [0, 0.1) is 0 Å². The Morgan fingerprint density at radius 1 is 1.29 bits per heavy atom. The first-order valence-electron chi connectivity index (χ1n) is 6.92. The molecule has 0 aliphatic carbocycles. The molecule has 0 fully saturated rings. The van der Waals surface area contributed by atoms with Crippen LogP contribution in [0.2, 0.25) is 0 Å². The Hall–Kier alpha value is -1.92. The lowest BCUT2D eigenvalue weighted by Crippen LogP contribution is -2.12. The zero-order chi connectivity index (χ0) is 15.1. The average Bonchev–Trinajstić information content (AvgIpc) is 2.91. The molecule has 21 heavy (non-hydrogen) atoms. The van der Waals surface area contributed by atoms with Gasteiger partial charge in [0.2, 0.25) is 5.91 Å². The number of nitrogens with zero attached hydrogens (tertiary/aromatic N) is 1. The number of benzene rings is 1. The Bertz CT molecular complexity index is 580. The van der Waals surface area contributed by atoms with Crippen LogP contribution in [0.15, 0.2) is 29.6 Å². The Labute approximate surface area is 128 Å². The van der Waals surface area contributed by atoms with E-state index in [0.717, 1.165) is 30.8 Å². The molecule has 0 aliphatic rings. The topological polar surface area (TPSA) is 80.0 Å². The van der Waals surface area contributed by atoms with Gasteiger partial charge in [-0.1, -0.05) is 12.1 Å². The first-order valence-corrected chi connectivity index (χ1v) is 7.80. The molecule has 0 saturated heterocycles. The number of rotatable bonds is 7. The average molecular weight is 304 g/mol. The van der Waals surface area contributed by atoms with E-state index in [0.29, 0.717) is 11.7 Å². The summed E-state index contributed by atoms with van der Waals surface area (Å²) in [5.41, 5.74) is 8.82. The van der Waals surface area contributed by atoms with E-state index >= 15 is 0 Å². The quantitative estimate of drug-likeness (QED) is 0.733. The van der Waals surface area contributed by atoms with E-state index in [-0.39, 0.29) is 5.91 Å². The fourth-order valence-electron chi connectivity index (χ4n) is 1.91. The molecule has 2 aromatic rings. The highest BCUT2D eigenvalue weighted by molar-refractivity contribution is 7.13. The third-order valence-electron chi connectivity index (χ3n) is 2.93. The fraction of sp³-hybridized carbons (Fsp3) is 0.333. The summed E-state index contributed by atoms with van der Waals surface area (Å²) in [4.78, 5) is 15.3.